The Balaban J connectivity index is 1.23. The smallest absolute Gasteiger partial charge is 0.309 e. The molecule has 0 radical (unpaired) electrons. The minimum atomic E-state index is -0.609. The van der Waals surface area contributed by atoms with Crippen molar-refractivity contribution in [3.63, 3.8) is 0 Å². The summed E-state index contributed by atoms with van der Waals surface area (Å²) in [6, 6.07) is 7.46. The van der Waals surface area contributed by atoms with Crippen LogP contribution in [0.2, 0.25) is 0 Å². The molecule has 4 rings (SSSR count). The number of carbonyl (C=O) groups excluding carboxylic acids is 2. The monoisotopic (exact) mass is 358 g/mol. The third kappa shape index (κ3) is 3.50. The normalized spacial score (nSPS) is 29.9. The lowest BCUT2D eigenvalue weighted by molar-refractivity contribution is -0.140. The molecule has 6 nitrogen and oxygen atoms in total. The van der Waals surface area contributed by atoms with Crippen LogP contribution in [-0.4, -0.2) is 37.1 Å². The van der Waals surface area contributed by atoms with E-state index in [4.69, 9.17) is 9.47 Å². The summed E-state index contributed by atoms with van der Waals surface area (Å²) in [5.74, 6) is 2.24. The molecule has 1 aliphatic heterocycles. The molecular weight excluding hydrogens is 332 g/mol. The molecule has 2 N–H and O–H groups in total. The summed E-state index contributed by atoms with van der Waals surface area (Å²) < 4.78 is 11.4. The summed E-state index contributed by atoms with van der Waals surface area (Å²) in [5.41, 5.74) is 0. The van der Waals surface area contributed by atoms with E-state index in [9.17, 15) is 9.59 Å². The van der Waals surface area contributed by atoms with E-state index in [1.807, 2.05) is 31.2 Å². The molecular formula is C20H26N2O4. The van der Waals surface area contributed by atoms with Crippen LogP contribution in [0.25, 0.3) is 0 Å². The average Bonchev–Trinajstić information content (AvgIpc) is 3.29. The van der Waals surface area contributed by atoms with Gasteiger partial charge in [-0.1, -0.05) is 18.6 Å². The van der Waals surface area contributed by atoms with Crippen LogP contribution in [0, 0.1) is 17.8 Å². The van der Waals surface area contributed by atoms with Crippen molar-refractivity contribution in [3.8, 4) is 11.5 Å². The lowest BCUT2D eigenvalue weighted by Gasteiger charge is -2.28. The highest BCUT2D eigenvalue weighted by Gasteiger charge is 2.42. The van der Waals surface area contributed by atoms with E-state index in [2.05, 4.69) is 10.6 Å². The second-order valence-electron chi connectivity index (χ2n) is 7.81. The minimum absolute atomic E-state index is 0.0460. The molecule has 6 heteroatoms. The van der Waals surface area contributed by atoms with Crippen molar-refractivity contribution in [1.82, 2.24) is 10.6 Å². The molecule has 0 saturated heterocycles. The van der Waals surface area contributed by atoms with Crippen LogP contribution in [0.3, 0.4) is 0 Å². The number of hydrogen-bond acceptors (Lipinski definition) is 4. The highest BCUT2D eigenvalue weighted by molar-refractivity contribution is 6.35. The van der Waals surface area contributed by atoms with E-state index < -0.39 is 11.8 Å². The van der Waals surface area contributed by atoms with Crippen LogP contribution < -0.4 is 20.1 Å². The number of carbonyl (C=O) groups is 2. The summed E-state index contributed by atoms with van der Waals surface area (Å²) in [6.07, 6.45) is 4.76. The second-order valence-corrected chi connectivity index (χ2v) is 7.81. The first-order chi connectivity index (χ1) is 12.6. The van der Waals surface area contributed by atoms with Gasteiger partial charge in [-0.2, -0.15) is 0 Å². The van der Waals surface area contributed by atoms with Crippen molar-refractivity contribution in [2.75, 3.05) is 13.2 Å². The molecule has 0 spiro atoms. The summed E-state index contributed by atoms with van der Waals surface area (Å²) in [4.78, 5) is 24.3. The highest BCUT2D eigenvalue weighted by Crippen LogP contribution is 2.49. The van der Waals surface area contributed by atoms with Crippen molar-refractivity contribution < 1.29 is 19.1 Å². The molecule has 1 heterocycles. The maximum absolute atomic E-state index is 12.2. The van der Waals surface area contributed by atoms with Crippen molar-refractivity contribution in [2.45, 2.75) is 44.8 Å². The van der Waals surface area contributed by atoms with E-state index in [1.54, 1.807) is 0 Å². The number of benzene rings is 1. The molecule has 5 atom stereocenters. The Hall–Kier alpha value is -2.24. The van der Waals surface area contributed by atoms with Gasteiger partial charge in [0.2, 0.25) is 0 Å². The molecule has 3 aliphatic rings. The Morgan fingerprint density at radius 2 is 1.96 bits per heavy atom. The predicted octanol–water partition coefficient (Wildman–Crippen LogP) is 1.88. The molecule has 26 heavy (non-hydrogen) atoms. The first kappa shape index (κ1) is 17.2. The first-order valence-electron chi connectivity index (χ1n) is 9.57. The number of hydrogen-bond donors (Lipinski definition) is 2. The second kappa shape index (κ2) is 7.17. The van der Waals surface area contributed by atoms with E-state index >= 15 is 0 Å². The zero-order valence-electron chi connectivity index (χ0n) is 15.1. The molecule has 2 aliphatic carbocycles. The Kier molecular flexibility index (Phi) is 4.74. The lowest BCUT2D eigenvalue weighted by Crippen LogP contribution is -2.49. The van der Waals surface area contributed by atoms with Crippen molar-refractivity contribution >= 4 is 11.8 Å². The van der Waals surface area contributed by atoms with Gasteiger partial charge in [-0.3, -0.25) is 9.59 Å². The third-order valence-electron chi connectivity index (χ3n) is 6.06. The molecule has 2 amide bonds. The van der Waals surface area contributed by atoms with E-state index in [0.717, 1.165) is 5.92 Å². The van der Waals surface area contributed by atoms with Crippen LogP contribution in [-0.2, 0) is 9.59 Å². The number of amides is 2. The molecule has 2 bridgehead atoms. The zero-order chi connectivity index (χ0) is 18.1. The molecule has 1 aromatic carbocycles. The summed E-state index contributed by atoms with van der Waals surface area (Å²) in [6.45, 7) is 2.61. The topological polar surface area (TPSA) is 76.7 Å². The lowest BCUT2D eigenvalue weighted by atomic mass is 9.84. The van der Waals surface area contributed by atoms with Gasteiger partial charge >= 0.3 is 11.8 Å². The predicted molar refractivity (Wildman–Crippen MR) is 95.9 cm³/mol. The number of ether oxygens (including phenoxy) is 2. The largest absolute Gasteiger partial charge is 0.486 e. The molecule has 1 aromatic rings. The van der Waals surface area contributed by atoms with Gasteiger partial charge in [0.1, 0.15) is 12.7 Å². The highest BCUT2D eigenvalue weighted by atomic mass is 16.6. The van der Waals surface area contributed by atoms with Crippen molar-refractivity contribution in [3.05, 3.63) is 24.3 Å². The van der Waals surface area contributed by atoms with E-state index in [-0.39, 0.29) is 18.7 Å². The standard InChI is InChI=1S/C20H26N2O4/c1-12(16-9-13-6-7-14(16)8-13)22-20(24)19(23)21-10-15-11-25-17-4-2-3-5-18(17)26-15/h2-5,12-16H,6-11H2,1H3,(H,21,23)(H,22,24). The fraction of sp³-hybridized carbons (Fsp3) is 0.600. The first-order valence-corrected chi connectivity index (χ1v) is 9.57. The maximum Gasteiger partial charge on any atom is 0.309 e. The van der Waals surface area contributed by atoms with Gasteiger partial charge in [0.15, 0.2) is 11.5 Å². The van der Waals surface area contributed by atoms with Crippen molar-refractivity contribution in [2.24, 2.45) is 17.8 Å². The minimum Gasteiger partial charge on any atom is -0.486 e. The number of para-hydroxylation sites is 2. The molecule has 2 fully saturated rings. The van der Waals surface area contributed by atoms with Gasteiger partial charge in [-0.25, -0.2) is 0 Å². The van der Waals surface area contributed by atoms with Gasteiger partial charge < -0.3 is 20.1 Å². The molecule has 140 valence electrons. The van der Waals surface area contributed by atoms with Crippen molar-refractivity contribution in [1.29, 1.82) is 0 Å². The maximum atomic E-state index is 12.2. The third-order valence-corrected chi connectivity index (χ3v) is 6.06. The quantitative estimate of drug-likeness (QED) is 0.806. The summed E-state index contributed by atoms with van der Waals surface area (Å²) in [5, 5.41) is 5.54. The van der Waals surface area contributed by atoms with Crippen LogP contribution in [0.1, 0.15) is 32.6 Å². The van der Waals surface area contributed by atoms with Gasteiger partial charge in [0, 0.05) is 6.04 Å². The fourth-order valence-electron chi connectivity index (χ4n) is 4.74. The Morgan fingerprint density at radius 3 is 2.69 bits per heavy atom. The van der Waals surface area contributed by atoms with Crippen LogP contribution in [0.5, 0.6) is 11.5 Å². The summed E-state index contributed by atoms with van der Waals surface area (Å²) >= 11 is 0. The summed E-state index contributed by atoms with van der Waals surface area (Å²) in [7, 11) is 0. The Morgan fingerprint density at radius 1 is 1.15 bits per heavy atom. The molecule has 5 unspecified atom stereocenters. The van der Waals surface area contributed by atoms with Crippen LogP contribution in [0.4, 0.5) is 0 Å². The van der Waals surface area contributed by atoms with Gasteiger partial charge in [-0.05, 0) is 56.1 Å². The number of nitrogens with one attached hydrogen (secondary N) is 2. The number of fused-ring (bicyclic) bond motifs is 3. The van der Waals surface area contributed by atoms with E-state index in [0.29, 0.717) is 29.9 Å². The van der Waals surface area contributed by atoms with Crippen LogP contribution >= 0.6 is 0 Å². The Bertz CT molecular complexity index is 692. The molecule has 2 saturated carbocycles. The van der Waals surface area contributed by atoms with Crippen LogP contribution in [0.15, 0.2) is 24.3 Å². The Labute approximate surface area is 153 Å². The van der Waals surface area contributed by atoms with Gasteiger partial charge in [0.25, 0.3) is 0 Å². The van der Waals surface area contributed by atoms with Gasteiger partial charge in [0.05, 0.1) is 6.54 Å². The van der Waals surface area contributed by atoms with E-state index in [1.165, 1.54) is 25.7 Å². The zero-order valence-corrected chi connectivity index (χ0v) is 15.1. The van der Waals surface area contributed by atoms with Gasteiger partial charge in [-0.15, -0.1) is 0 Å². The number of rotatable bonds is 4. The average molecular weight is 358 g/mol. The fourth-order valence-corrected chi connectivity index (χ4v) is 4.74. The SMILES string of the molecule is CC(NC(=O)C(=O)NCC1COc2ccccc2O1)C1CC2CCC1C2. The molecule has 0 aromatic heterocycles.